The largest absolute Gasteiger partial charge is 0.481 e. The number of hydrogen-bond donors (Lipinski definition) is 2. The molecule has 0 aromatic heterocycles. The number of carbonyl (C=O) groups is 2. The molecule has 2 rings (SSSR count). The molecule has 1 fully saturated rings. The maximum absolute atomic E-state index is 12.7. The number of nitrogens with one attached hydrogen (secondary N) is 1. The smallest absolute Gasteiger partial charge is 0.313 e. The van der Waals surface area contributed by atoms with Crippen molar-refractivity contribution in [2.24, 2.45) is 5.41 Å². The zero-order chi connectivity index (χ0) is 16.7. The molecule has 0 radical (unpaired) electrons. The van der Waals surface area contributed by atoms with Crippen LogP contribution in [0.3, 0.4) is 0 Å². The molecular formula is C17H22ClNO3S. The number of rotatable bonds is 8. The molecule has 0 atom stereocenters. The van der Waals surface area contributed by atoms with E-state index < -0.39 is 5.97 Å². The molecule has 4 nitrogen and oxygen atoms in total. The predicted octanol–water partition coefficient (Wildman–Crippen LogP) is 3.38. The first-order valence-corrected chi connectivity index (χ1v) is 9.37. The van der Waals surface area contributed by atoms with Crippen LogP contribution in [-0.2, 0) is 16.0 Å². The summed E-state index contributed by atoms with van der Waals surface area (Å²) in [7, 11) is 0. The quantitative estimate of drug-likeness (QED) is 0.701. The monoisotopic (exact) mass is 355 g/mol. The van der Waals surface area contributed by atoms with Crippen LogP contribution in [0.25, 0.3) is 0 Å². The second kappa shape index (κ2) is 8.60. The summed E-state index contributed by atoms with van der Waals surface area (Å²) in [4.78, 5) is 23.2. The van der Waals surface area contributed by atoms with Crippen molar-refractivity contribution in [2.45, 2.75) is 32.1 Å². The normalized spacial score (nSPS) is 16.2. The highest BCUT2D eigenvalue weighted by Gasteiger charge is 2.40. The van der Waals surface area contributed by atoms with Gasteiger partial charge in [0.1, 0.15) is 0 Å². The summed E-state index contributed by atoms with van der Waals surface area (Å²) in [5, 5.41) is 12.3. The first-order chi connectivity index (χ1) is 11.0. The molecule has 23 heavy (non-hydrogen) atoms. The molecule has 1 aromatic rings. The summed E-state index contributed by atoms with van der Waals surface area (Å²) in [5.41, 5.74) is 0.747. The van der Waals surface area contributed by atoms with Gasteiger partial charge < -0.3 is 10.4 Å². The van der Waals surface area contributed by atoms with Gasteiger partial charge >= 0.3 is 5.97 Å². The lowest BCUT2D eigenvalue weighted by molar-refractivity contribution is -0.134. The predicted molar refractivity (Wildman–Crippen MR) is 94.0 cm³/mol. The van der Waals surface area contributed by atoms with Gasteiger partial charge in [0.05, 0.1) is 11.2 Å². The van der Waals surface area contributed by atoms with Gasteiger partial charge in [0.25, 0.3) is 0 Å². The van der Waals surface area contributed by atoms with Gasteiger partial charge in [-0.05, 0) is 37.0 Å². The Morgan fingerprint density at radius 1 is 1.30 bits per heavy atom. The molecule has 0 aliphatic heterocycles. The molecule has 1 aliphatic rings. The van der Waals surface area contributed by atoms with Crippen molar-refractivity contribution in [2.75, 3.05) is 18.1 Å². The van der Waals surface area contributed by atoms with Gasteiger partial charge in [-0.3, -0.25) is 9.59 Å². The lowest BCUT2D eigenvalue weighted by Crippen LogP contribution is -2.41. The van der Waals surface area contributed by atoms with E-state index in [9.17, 15) is 9.59 Å². The summed E-state index contributed by atoms with van der Waals surface area (Å²) >= 11 is 7.37. The third-order valence-corrected chi connectivity index (χ3v) is 5.41. The van der Waals surface area contributed by atoms with Crippen LogP contribution in [0.4, 0.5) is 0 Å². The van der Waals surface area contributed by atoms with Crippen LogP contribution < -0.4 is 5.32 Å². The number of thioether (sulfide) groups is 1. The molecule has 0 heterocycles. The molecule has 126 valence electrons. The molecular weight excluding hydrogens is 334 g/mol. The number of halogens is 1. The number of carboxylic acid groups (broad SMARTS) is 1. The van der Waals surface area contributed by atoms with Crippen LogP contribution in [0.5, 0.6) is 0 Å². The van der Waals surface area contributed by atoms with Gasteiger partial charge in [0.15, 0.2) is 0 Å². The van der Waals surface area contributed by atoms with Crippen molar-refractivity contribution in [1.82, 2.24) is 5.32 Å². The van der Waals surface area contributed by atoms with Gasteiger partial charge in [0, 0.05) is 17.3 Å². The molecule has 1 aliphatic carbocycles. The number of carboxylic acids is 1. The van der Waals surface area contributed by atoms with Crippen molar-refractivity contribution >= 4 is 35.2 Å². The SMILES string of the molecule is O=C(O)CSCCNC(=O)C1(Cc2cccc(Cl)c2)CCCC1. The fraction of sp³-hybridized carbons (Fsp3) is 0.529. The van der Waals surface area contributed by atoms with Crippen LogP contribution >= 0.6 is 23.4 Å². The van der Waals surface area contributed by atoms with E-state index in [4.69, 9.17) is 16.7 Å². The van der Waals surface area contributed by atoms with E-state index in [1.807, 2.05) is 24.3 Å². The van der Waals surface area contributed by atoms with Crippen LogP contribution in [0.15, 0.2) is 24.3 Å². The Bertz CT molecular complexity index is 559. The van der Waals surface area contributed by atoms with E-state index in [2.05, 4.69) is 5.32 Å². The van der Waals surface area contributed by atoms with Crippen molar-refractivity contribution in [3.63, 3.8) is 0 Å². The molecule has 1 saturated carbocycles. The lowest BCUT2D eigenvalue weighted by Gasteiger charge is -2.28. The molecule has 0 bridgehead atoms. The minimum absolute atomic E-state index is 0.0729. The average molecular weight is 356 g/mol. The maximum Gasteiger partial charge on any atom is 0.313 e. The number of carbonyl (C=O) groups excluding carboxylic acids is 1. The summed E-state index contributed by atoms with van der Waals surface area (Å²) < 4.78 is 0. The second-order valence-electron chi connectivity index (χ2n) is 6.00. The van der Waals surface area contributed by atoms with Crippen LogP contribution in [0.1, 0.15) is 31.2 Å². The fourth-order valence-corrected chi connectivity index (χ4v) is 3.94. The Hall–Kier alpha value is -1.20. The second-order valence-corrected chi connectivity index (χ2v) is 7.54. The Morgan fingerprint density at radius 2 is 2.04 bits per heavy atom. The van der Waals surface area contributed by atoms with Crippen LogP contribution in [0, 0.1) is 5.41 Å². The highest BCUT2D eigenvalue weighted by atomic mass is 35.5. The Labute approximate surface area is 146 Å². The minimum atomic E-state index is -0.824. The van der Waals surface area contributed by atoms with Crippen molar-refractivity contribution in [1.29, 1.82) is 0 Å². The third kappa shape index (κ3) is 5.43. The molecule has 1 aromatic carbocycles. The zero-order valence-electron chi connectivity index (χ0n) is 13.0. The maximum atomic E-state index is 12.7. The van der Waals surface area contributed by atoms with Gasteiger partial charge in [-0.1, -0.05) is 36.6 Å². The Morgan fingerprint density at radius 3 is 2.70 bits per heavy atom. The van der Waals surface area contributed by atoms with Gasteiger partial charge in [-0.2, -0.15) is 0 Å². The summed E-state index contributed by atoms with van der Waals surface area (Å²) in [5.74, 6) is -0.0464. The first kappa shape index (κ1) is 18.1. The zero-order valence-corrected chi connectivity index (χ0v) is 14.6. The van der Waals surface area contributed by atoms with E-state index >= 15 is 0 Å². The van der Waals surface area contributed by atoms with Crippen molar-refractivity contribution < 1.29 is 14.7 Å². The number of benzene rings is 1. The molecule has 0 spiro atoms. The van der Waals surface area contributed by atoms with E-state index in [-0.39, 0.29) is 17.1 Å². The van der Waals surface area contributed by atoms with E-state index in [1.165, 1.54) is 11.8 Å². The summed E-state index contributed by atoms with van der Waals surface area (Å²) in [6.07, 6.45) is 4.65. The molecule has 1 amide bonds. The van der Waals surface area contributed by atoms with Gasteiger partial charge in [-0.25, -0.2) is 0 Å². The Kier molecular flexibility index (Phi) is 6.78. The number of hydrogen-bond acceptors (Lipinski definition) is 3. The van der Waals surface area contributed by atoms with Crippen LogP contribution in [-0.4, -0.2) is 35.0 Å². The summed E-state index contributed by atoms with van der Waals surface area (Å²) in [6, 6.07) is 7.70. The van der Waals surface area contributed by atoms with Crippen molar-refractivity contribution in [3.05, 3.63) is 34.9 Å². The van der Waals surface area contributed by atoms with Crippen molar-refractivity contribution in [3.8, 4) is 0 Å². The first-order valence-electron chi connectivity index (χ1n) is 7.84. The van der Waals surface area contributed by atoms with E-state index in [0.717, 1.165) is 31.2 Å². The highest BCUT2D eigenvalue weighted by molar-refractivity contribution is 7.99. The number of aliphatic carboxylic acids is 1. The summed E-state index contributed by atoms with van der Waals surface area (Å²) in [6.45, 7) is 0.508. The van der Waals surface area contributed by atoms with Gasteiger partial charge in [0.2, 0.25) is 5.91 Å². The highest BCUT2D eigenvalue weighted by Crippen LogP contribution is 2.41. The van der Waals surface area contributed by atoms with E-state index in [1.54, 1.807) is 0 Å². The Balaban J connectivity index is 1.91. The molecule has 0 unspecified atom stereocenters. The lowest BCUT2D eigenvalue weighted by atomic mass is 9.79. The fourth-order valence-electron chi connectivity index (χ4n) is 3.16. The topological polar surface area (TPSA) is 66.4 Å². The molecule has 0 saturated heterocycles. The van der Waals surface area contributed by atoms with Gasteiger partial charge in [-0.15, -0.1) is 11.8 Å². The minimum Gasteiger partial charge on any atom is -0.481 e. The third-order valence-electron chi connectivity index (χ3n) is 4.23. The van der Waals surface area contributed by atoms with E-state index in [0.29, 0.717) is 23.7 Å². The molecule has 6 heteroatoms. The average Bonchev–Trinajstić information content (AvgIpc) is 2.96. The molecule has 2 N–H and O–H groups in total. The number of amides is 1. The van der Waals surface area contributed by atoms with Crippen LogP contribution in [0.2, 0.25) is 5.02 Å². The standard InChI is InChI=1S/C17H22ClNO3S/c18-14-5-3-4-13(10-14)11-17(6-1-2-7-17)16(22)19-8-9-23-12-15(20)21/h3-5,10H,1-2,6-9,11-12H2,(H,19,22)(H,20,21).